The summed E-state index contributed by atoms with van der Waals surface area (Å²) in [6.07, 6.45) is 7.13. The van der Waals surface area contributed by atoms with Crippen molar-refractivity contribution in [2.24, 2.45) is 5.92 Å². The van der Waals surface area contributed by atoms with Crippen LogP contribution in [0.15, 0.2) is 0 Å². The Morgan fingerprint density at radius 3 is 2.67 bits per heavy atom. The van der Waals surface area contributed by atoms with Gasteiger partial charge >= 0.3 is 0 Å². The molecule has 0 amide bonds. The minimum atomic E-state index is 0.557. The molecule has 1 saturated carbocycles. The summed E-state index contributed by atoms with van der Waals surface area (Å²) in [6, 6.07) is 1.68. The molecule has 1 spiro atoms. The van der Waals surface area contributed by atoms with Crippen molar-refractivity contribution >= 4 is 0 Å². The lowest BCUT2D eigenvalue weighted by molar-refractivity contribution is 0.0825. The van der Waals surface area contributed by atoms with Crippen molar-refractivity contribution in [1.29, 1.82) is 0 Å². The topological polar surface area (TPSA) is 15.3 Å². The van der Waals surface area contributed by atoms with E-state index in [9.17, 15) is 0 Å². The van der Waals surface area contributed by atoms with Crippen LogP contribution < -0.4 is 5.32 Å². The van der Waals surface area contributed by atoms with Gasteiger partial charge in [-0.05, 0) is 51.5 Å². The third-order valence-electron chi connectivity index (χ3n) is 4.94. The molecule has 0 bridgehead atoms. The summed E-state index contributed by atoms with van der Waals surface area (Å²) in [4.78, 5) is 2.86. The van der Waals surface area contributed by atoms with Gasteiger partial charge in [0.05, 0.1) is 0 Å². The molecule has 1 N–H and O–H groups in total. The van der Waals surface area contributed by atoms with Crippen molar-refractivity contribution in [3.63, 3.8) is 0 Å². The predicted octanol–water partition coefficient (Wildman–Crippen LogP) is 2.00. The first kappa shape index (κ1) is 10.1. The van der Waals surface area contributed by atoms with Gasteiger partial charge in [0, 0.05) is 24.2 Å². The molecule has 15 heavy (non-hydrogen) atoms. The number of rotatable bonds is 1. The van der Waals surface area contributed by atoms with E-state index in [1.807, 2.05) is 0 Å². The van der Waals surface area contributed by atoms with Gasteiger partial charge in [0.2, 0.25) is 0 Å². The van der Waals surface area contributed by atoms with E-state index in [2.05, 4.69) is 24.1 Å². The molecule has 3 fully saturated rings. The van der Waals surface area contributed by atoms with Crippen LogP contribution in [0.1, 0.15) is 46.0 Å². The van der Waals surface area contributed by atoms with E-state index in [4.69, 9.17) is 0 Å². The van der Waals surface area contributed by atoms with Gasteiger partial charge in [-0.25, -0.2) is 0 Å². The van der Waals surface area contributed by atoms with Crippen LogP contribution in [-0.2, 0) is 0 Å². The second-order valence-electron chi connectivity index (χ2n) is 6.12. The Hall–Kier alpha value is -0.0800. The molecular formula is C13H24N2. The summed E-state index contributed by atoms with van der Waals surface area (Å²) in [5.41, 5.74) is 0.557. The molecular weight excluding hydrogens is 184 g/mol. The van der Waals surface area contributed by atoms with Gasteiger partial charge in [-0.1, -0.05) is 6.92 Å². The minimum absolute atomic E-state index is 0.557. The van der Waals surface area contributed by atoms with E-state index in [0.29, 0.717) is 5.54 Å². The van der Waals surface area contributed by atoms with Crippen LogP contribution in [-0.4, -0.2) is 35.6 Å². The van der Waals surface area contributed by atoms with E-state index in [0.717, 1.165) is 18.0 Å². The molecule has 2 nitrogen and oxygen atoms in total. The fourth-order valence-corrected chi connectivity index (χ4v) is 3.71. The van der Waals surface area contributed by atoms with Crippen molar-refractivity contribution in [2.45, 2.75) is 63.6 Å². The molecule has 86 valence electrons. The van der Waals surface area contributed by atoms with Gasteiger partial charge in [0.1, 0.15) is 0 Å². The quantitative estimate of drug-likeness (QED) is 0.709. The third kappa shape index (κ3) is 1.62. The Morgan fingerprint density at radius 2 is 2.07 bits per heavy atom. The lowest BCUT2D eigenvalue weighted by Crippen LogP contribution is -2.57. The van der Waals surface area contributed by atoms with Crippen LogP contribution in [0.2, 0.25) is 0 Å². The van der Waals surface area contributed by atoms with Gasteiger partial charge in [0.15, 0.2) is 0 Å². The maximum atomic E-state index is 3.70. The molecule has 0 aromatic carbocycles. The number of hydrogen-bond donors (Lipinski definition) is 1. The highest BCUT2D eigenvalue weighted by molar-refractivity contribution is 5.07. The molecule has 2 aliphatic heterocycles. The maximum absolute atomic E-state index is 3.70. The second kappa shape index (κ2) is 3.46. The third-order valence-corrected chi connectivity index (χ3v) is 4.94. The van der Waals surface area contributed by atoms with Crippen LogP contribution >= 0.6 is 0 Å². The van der Waals surface area contributed by atoms with Gasteiger partial charge in [-0.2, -0.15) is 0 Å². The number of nitrogens with zero attached hydrogens (tertiary/aromatic N) is 1. The second-order valence-corrected chi connectivity index (χ2v) is 6.12. The minimum Gasteiger partial charge on any atom is -0.312 e. The highest BCUT2D eigenvalue weighted by Gasteiger charge is 2.51. The van der Waals surface area contributed by atoms with Gasteiger partial charge in [0.25, 0.3) is 0 Å². The summed E-state index contributed by atoms with van der Waals surface area (Å²) in [7, 11) is 0. The smallest absolute Gasteiger partial charge is 0.0338 e. The SMILES string of the molecule is CC1CCC2(CCCN2C2CC2C)CN1. The highest BCUT2D eigenvalue weighted by Crippen LogP contribution is 2.46. The molecule has 0 radical (unpaired) electrons. The fraction of sp³-hybridized carbons (Fsp3) is 1.00. The zero-order valence-electron chi connectivity index (χ0n) is 10.1. The lowest BCUT2D eigenvalue weighted by atomic mass is 9.85. The van der Waals surface area contributed by atoms with E-state index < -0.39 is 0 Å². The van der Waals surface area contributed by atoms with Gasteiger partial charge in [-0.3, -0.25) is 4.90 Å². The monoisotopic (exact) mass is 208 g/mol. The first-order valence-corrected chi connectivity index (χ1v) is 6.71. The highest BCUT2D eigenvalue weighted by atomic mass is 15.3. The lowest BCUT2D eigenvalue weighted by Gasteiger charge is -2.44. The van der Waals surface area contributed by atoms with Crippen LogP contribution in [0.25, 0.3) is 0 Å². The van der Waals surface area contributed by atoms with Gasteiger partial charge in [-0.15, -0.1) is 0 Å². The van der Waals surface area contributed by atoms with Crippen LogP contribution in [0, 0.1) is 5.92 Å². The molecule has 3 aliphatic rings. The average molecular weight is 208 g/mol. The number of nitrogens with one attached hydrogen (secondary N) is 1. The normalized spacial score (nSPS) is 51.2. The first-order chi connectivity index (χ1) is 7.21. The average Bonchev–Trinajstić information content (AvgIpc) is 2.81. The molecule has 0 aromatic heterocycles. The Morgan fingerprint density at radius 1 is 1.27 bits per heavy atom. The molecule has 2 heteroatoms. The molecule has 4 atom stereocenters. The van der Waals surface area contributed by atoms with E-state index in [-0.39, 0.29) is 0 Å². The van der Waals surface area contributed by atoms with E-state index in [1.165, 1.54) is 45.2 Å². The van der Waals surface area contributed by atoms with Crippen molar-refractivity contribution in [1.82, 2.24) is 10.2 Å². The summed E-state index contributed by atoms with van der Waals surface area (Å²) in [6.45, 7) is 7.35. The Kier molecular flexibility index (Phi) is 2.33. The first-order valence-electron chi connectivity index (χ1n) is 6.71. The maximum Gasteiger partial charge on any atom is 0.0338 e. The molecule has 2 heterocycles. The summed E-state index contributed by atoms with van der Waals surface area (Å²) >= 11 is 0. The molecule has 2 saturated heterocycles. The Balaban J connectivity index is 1.72. The number of likely N-dealkylation sites (tertiary alicyclic amines) is 1. The summed E-state index contributed by atoms with van der Waals surface area (Å²) in [5.74, 6) is 0.972. The number of piperidine rings is 1. The van der Waals surface area contributed by atoms with Crippen molar-refractivity contribution < 1.29 is 0 Å². The zero-order chi connectivity index (χ0) is 10.5. The molecule has 0 aromatic rings. The summed E-state index contributed by atoms with van der Waals surface area (Å²) < 4.78 is 0. The largest absolute Gasteiger partial charge is 0.312 e. The van der Waals surface area contributed by atoms with E-state index in [1.54, 1.807) is 0 Å². The standard InChI is InChI=1S/C13H24N2/c1-10-8-12(10)15-7-3-5-13(15)6-4-11(2)14-9-13/h10-12,14H,3-9H2,1-2H3. The summed E-state index contributed by atoms with van der Waals surface area (Å²) in [5, 5.41) is 3.70. The Labute approximate surface area is 93.4 Å². The molecule has 1 aliphatic carbocycles. The fourth-order valence-electron chi connectivity index (χ4n) is 3.71. The van der Waals surface area contributed by atoms with Crippen LogP contribution in [0.5, 0.6) is 0 Å². The molecule has 4 unspecified atom stereocenters. The van der Waals surface area contributed by atoms with E-state index >= 15 is 0 Å². The van der Waals surface area contributed by atoms with Crippen molar-refractivity contribution in [3.05, 3.63) is 0 Å². The number of hydrogen-bond acceptors (Lipinski definition) is 2. The molecule has 3 rings (SSSR count). The van der Waals surface area contributed by atoms with Crippen LogP contribution in [0.3, 0.4) is 0 Å². The predicted molar refractivity (Wildman–Crippen MR) is 62.9 cm³/mol. The van der Waals surface area contributed by atoms with Gasteiger partial charge < -0.3 is 5.32 Å². The van der Waals surface area contributed by atoms with Crippen molar-refractivity contribution in [2.75, 3.05) is 13.1 Å². The Bertz CT molecular complexity index is 243. The van der Waals surface area contributed by atoms with Crippen LogP contribution in [0.4, 0.5) is 0 Å². The zero-order valence-corrected chi connectivity index (χ0v) is 10.1. The van der Waals surface area contributed by atoms with Crippen molar-refractivity contribution in [3.8, 4) is 0 Å².